The summed E-state index contributed by atoms with van der Waals surface area (Å²) in [6.45, 7) is 13.6. The number of unbranched alkanes of at least 4 members (excludes halogenated alkanes) is 1. The van der Waals surface area contributed by atoms with Gasteiger partial charge in [0.05, 0.1) is 5.69 Å². The molecule has 0 amide bonds. The van der Waals surface area contributed by atoms with E-state index in [0.717, 1.165) is 24.4 Å². The van der Waals surface area contributed by atoms with Crippen LogP contribution in [0.1, 0.15) is 63.5 Å². The molecule has 4 heteroatoms. The van der Waals surface area contributed by atoms with Crippen molar-refractivity contribution in [1.29, 1.82) is 0 Å². The highest BCUT2D eigenvalue weighted by Crippen LogP contribution is 2.22. The average Bonchev–Trinajstić information content (AvgIpc) is 2.72. The summed E-state index contributed by atoms with van der Waals surface area (Å²) in [4.78, 5) is 0. The lowest BCUT2D eigenvalue weighted by Crippen LogP contribution is -2.35. The number of nitrogens with zero attached hydrogens (tertiary/aromatic N) is 1. The lowest BCUT2D eigenvalue weighted by Gasteiger charge is -2.18. The molecule has 0 aliphatic heterocycles. The first-order chi connectivity index (χ1) is 9.47. The van der Waals surface area contributed by atoms with Gasteiger partial charge in [0.25, 0.3) is 0 Å². The molecule has 0 aromatic carbocycles. The second-order valence-corrected chi connectivity index (χ2v) is 5.75. The van der Waals surface area contributed by atoms with Crippen molar-refractivity contribution >= 4 is 0 Å². The third kappa shape index (κ3) is 4.67. The van der Waals surface area contributed by atoms with Crippen molar-refractivity contribution < 1.29 is 4.52 Å². The molecule has 0 radical (unpaired) electrons. The largest absolute Gasteiger partial charge is 0.361 e. The summed E-state index contributed by atoms with van der Waals surface area (Å²) in [6, 6.07) is 0. The van der Waals surface area contributed by atoms with Gasteiger partial charge in [0.2, 0.25) is 0 Å². The molecule has 1 aromatic rings. The third-order valence-electron chi connectivity index (χ3n) is 3.50. The van der Waals surface area contributed by atoms with Gasteiger partial charge in [-0.25, -0.2) is 5.43 Å². The fourth-order valence-corrected chi connectivity index (χ4v) is 2.33. The van der Waals surface area contributed by atoms with E-state index in [-0.39, 0.29) is 0 Å². The van der Waals surface area contributed by atoms with E-state index in [0.29, 0.717) is 11.8 Å². The summed E-state index contributed by atoms with van der Waals surface area (Å²) in [7, 11) is 0. The van der Waals surface area contributed by atoms with Gasteiger partial charge in [-0.15, -0.1) is 0 Å². The molecule has 114 valence electrons. The second kappa shape index (κ2) is 8.10. The SMILES string of the molecule is CCC/C=C(\NNCC(C)c1c(C)noc1C)C(C)C. The van der Waals surface area contributed by atoms with Crippen molar-refractivity contribution in [3.05, 3.63) is 28.8 Å². The maximum Gasteiger partial charge on any atom is 0.137 e. The third-order valence-corrected chi connectivity index (χ3v) is 3.50. The first-order valence-electron chi connectivity index (χ1n) is 7.59. The maximum absolute atomic E-state index is 5.23. The molecule has 0 saturated heterocycles. The lowest BCUT2D eigenvalue weighted by molar-refractivity contribution is 0.391. The summed E-state index contributed by atoms with van der Waals surface area (Å²) in [5, 5.41) is 4.01. The smallest absolute Gasteiger partial charge is 0.137 e. The van der Waals surface area contributed by atoms with Crippen LogP contribution in [0.25, 0.3) is 0 Å². The lowest BCUT2D eigenvalue weighted by atomic mass is 10.00. The Morgan fingerprint density at radius 1 is 1.30 bits per heavy atom. The number of hydrazine groups is 1. The highest BCUT2D eigenvalue weighted by atomic mass is 16.5. The zero-order valence-corrected chi connectivity index (χ0v) is 13.7. The average molecular weight is 279 g/mol. The van der Waals surface area contributed by atoms with Crippen molar-refractivity contribution in [2.45, 2.75) is 60.3 Å². The second-order valence-electron chi connectivity index (χ2n) is 5.75. The van der Waals surface area contributed by atoms with Crippen molar-refractivity contribution in [2.75, 3.05) is 6.54 Å². The Bertz CT molecular complexity index is 415. The Morgan fingerprint density at radius 3 is 2.50 bits per heavy atom. The van der Waals surface area contributed by atoms with Crippen LogP contribution >= 0.6 is 0 Å². The number of hydrogen-bond acceptors (Lipinski definition) is 4. The molecule has 0 aliphatic carbocycles. The number of allylic oxidation sites excluding steroid dienone is 2. The van der Waals surface area contributed by atoms with Crippen molar-refractivity contribution in [2.24, 2.45) is 5.92 Å². The molecule has 0 saturated carbocycles. The highest BCUT2D eigenvalue weighted by molar-refractivity contribution is 5.25. The van der Waals surface area contributed by atoms with Gasteiger partial charge in [0, 0.05) is 23.7 Å². The molecule has 0 spiro atoms. The molecule has 4 nitrogen and oxygen atoms in total. The minimum Gasteiger partial charge on any atom is -0.361 e. The van der Waals surface area contributed by atoms with Crippen LogP contribution in [0.2, 0.25) is 0 Å². The van der Waals surface area contributed by atoms with Gasteiger partial charge >= 0.3 is 0 Å². The van der Waals surface area contributed by atoms with E-state index < -0.39 is 0 Å². The Morgan fingerprint density at radius 2 is 2.00 bits per heavy atom. The fourth-order valence-electron chi connectivity index (χ4n) is 2.33. The normalized spacial score (nSPS) is 13.8. The monoisotopic (exact) mass is 279 g/mol. The van der Waals surface area contributed by atoms with Crippen molar-refractivity contribution in [3.63, 3.8) is 0 Å². The minimum atomic E-state index is 0.369. The predicted octanol–water partition coefficient (Wildman–Crippen LogP) is 3.83. The van der Waals surface area contributed by atoms with E-state index in [1.807, 2.05) is 13.8 Å². The van der Waals surface area contributed by atoms with Gasteiger partial charge in [0.15, 0.2) is 0 Å². The molecule has 2 N–H and O–H groups in total. The van der Waals surface area contributed by atoms with Gasteiger partial charge < -0.3 is 9.95 Å². The standard InChI is InChI=1S/C16H29N3O/c1-7-8-9-15(11(2)3)18-17-10-12(4)16-13(5)19-20-14(16)6/h9,11-12,17-18H,7-8,10H2,1-6H3/b15-9-. The number of aromatic nitrogens is 1. The predicted molar refractivity (Wildman–Crippen MR) is 83.4 cm³/mol. The van der Waals surface area contributed by atoms with Crippen LogP contribution in [-0.2, 0) is 0 Å². The Balaban J connectivity index is 2.51. The first-order valence-corrected chi connectivity index (χ1v) is 7.59. The number of nitrogens with one attached hydrogen (secondary N) is 2. The van der Waals surface area contributed by atoms with Crippen LogP contribution < -0.4 is 10.9 Å². The van der Waals surface area contributed by atoms with Gasteiger partial charge in [-0.05, 0) is 26.2 Å². The van der Waals surface area contributed by atoms with E-state index >= 15 is 0 Å². The molecule has 1 aromatic heterocycles. The van der Waals surface area contributed by atoms with E-state index in [4.69, 9.17) is 4.52 Å². The van der Waals surface area contributed by atoms with E-state index in [2.05, 4.69) is 49.8 Å². The van der Waals surface area contributed by atoms with Crippen molar-refractivity contribution in [3.8, 4) is 0 Å². The quantitative estimate of drug-likeness (QED) is 0.710. The first kappa shape index (κ1) is 16.8. The van der Waals surface area contributed by atoms with Crippen LogP contribution in [0.4, 0.5) is 0 Å². The molecule has 1 unspecified atom stereocenters. The van der Waals surface area contributed by atoms with Crippen molar-refractivity contribution in [1.82, 2.24) is 16.0 Å². The summed E-state index contributed by atoms with van der Waals surface area (Å²) in [6.07, 6.45) is 4.56. The molecule has 1 atom stereocenters. The van der Waals surface area contributed by atoms with Gasteiger partial charge in [-0.2, -0.15) is 0 Å². The molecule has 20 heavy (non-hydrogen) atoms. The molecule has 0 aliphatic rings. The van der Waals surface area contributed by atoms with E-state index in [1.54, 1.807) is 0 Å². The summed E-state index contributed by atoms with van der Waals surface area (Å²) in [5.41, 5.74) is 10.1. The molecule has 0 bridgehead atoms. The molecular formula is C16H29N3O. The topological polar surface area (TPSA) is 50.1 Å². The van der Waals surface area contributed by atoms with Crippen LogP contribution in [0, 0.1) is 19.8 Å². The summed E-state index contributed by atoms with van der Waals surface area (Å²) in [5.74, 6) is 1.79. The molecule has 1 heterocycles. The fraction of sp³-hybridized carbons (Fsp3) is 0.688. The Kier molecular flexibility index (Phi) is 6.79. The van der Waals surface area contributed by atoms with E-state index in [1.165, 1.54) is 17.7 Å². The Hall–Kier alpha value is -1.29. The van der Waals surface area contributed by atoms with Gasteiger partial charge in [-0.1, -0.05) is 45.3 Å². The zero-order valence-electron chi connectivity index (χ0n) is 13.7. The van der Waals surface area contributed by atoms with Gasteiger partial charge in [-0.3, -0.25) is 0 Å². The molecular weight excluding hydrogens is 250 g/mol. The van der Waals surface area contributed by atoms with E-state index in [9.17, 15) is 0 Å². The Labute approximate surface area is 123 Å². The van der Waals surface area contributed by atoms with Gasteiger partial charge in [0.1, 0.15) is 5.76 Å². The molecule has 1 rings (SSSR count). The molecule has 0 fully saturated rings. The number of aryl methyl sites for hydroxylation is 2. The van der Waals surface area contributed by atoms with Crippen LogP contribution in [0.15, 0.2) is 16.3 Å². The zero-order chi connectivity index (χ0) is 15.1. The summed E-state index contributed by atoms with van der Waals surface area (Å²) < 4.78 is 5.23. The van der Waals surface area contributed by atoms with Crippen LogP contribution in [-0.4, -0.2) is 11.7 Å². The summed E-state index contributed by atoms with van der Waals surface area (Å²) >= 11 is 0. The maximum atomic E-state index is 5.23. The number of hydrogen-bond donors (Lipinski definition) is 2. The number of rotatable bonds is 8. The highest BCUT2D eigenvalue weighted by Gasteiger charge is 2.16. The minimum absolute atomic E-state index is 0.369. The van der Waals surface area contributed by atoms with Crippen LogP contribution in [0.5, 0.6) is 0 Å². The van der Waals surface area contributed by atoms with Crippen LogP contribution in [0.3, 0.4) is 0 Å².